The van der Waals surface area contributed by atoms with E-state index in [-0.39, 0.29) is 24.9 Å². The zero-order valence-electron chi connectivity index (χ0n) is 39.3. The standard InChI is InChI=1S/C54H95NO5/c1-4-7-10-13-16-19-22-24-25-26-27-29-32-35-38-41-44-47-54(59)60-50(45-42-39-36-33-31-28-23-20-17-14-11-8-5-2)48-53(58)55-51(49-56)52(57)46-43-40-37-34-30-21-18-15-12-9-6-3/h8,11,14,16-17,19-20,23-25,27,29,50-52,56-57H,4-7,9-10,12-13,15,18,21-22,26,28,30-49H2,1-3H3,(H,55,58)/b11-8+,17-14+,19-16-,23-20+,25-24-,29-27-. The quantitative estimate of drug-likeness (QED) is 0.0246. The van der Waals surface area contributed by atoms with Crippen molar-refractivity contribution in [3.8, 4) is 0 Å². The summed E-state index contributed by atoms with van der Waals surface area (Å²) in [5.41, 5.74) is 0. The number of amides is 1. The lowest BCUT2D eigenvalue weighted by Crippen LogP contribution is -2.46. The number of aliphatic hydroxyl groups excluding tert-OH is 2. The molecular formula is C54H95NO5. The highest BCUT2D eigenvalue weighted by Gasteiger charge is 2.24. The lowest BCUT2D eigenvalue weighted by Gasteiger charge is -2.24. The van der Waals surface area contributed by atoms with Gasteiger partial charge in [-0.05, 0) is 83.5 Å². The molecule has 0 saturated carbocycles. The molecular weight excluding hydrogens is 743 g/mol. The molecule has 0 aromatic rings. The molecule has 6 nitrogen and oxygen atoms in total. The molecule has 6 heteroatoms. The summed E-state index contributed by atoms with van der Waals surface area (Å²) in [6, 6.07) is -0.715. The minimum atomic E-state index is -0.799. The SMILES string of the molecule is CC/C=C/C=C/C=C/CCCCCCCC(CC(=O)NC(CO)C(O)CCCCCCCCCCCCC)OC(=O)CCCCCC/C=C\C/C=C\C/C=C\CCCCC. The average Bonchev–Trinajstić information content (AvgIpc) is 3.24. The molecule has 1 amide bonds. The van der Waals surface area contributed by atoms with Gasteiger partial charge in [0.1, 0.15) is 6.10 Å². The van der Waals surface area contributed by atoms with E-state index in [4.69, 9.17) is 4.74 Å². The van der Waals surface area contributed by atoms with Gasteiger partial charge in [0.2, 0.25) is 5.91 Å². The van der Waals surface area contributed by atoms with E-state index >= 15 is 0 Å². The van der Waals surface area contributed by atoms with E-state index in [2.05, 4.69) is 99.0 Å². The number of nitrogens with one attached hydrogen (secondary N) is 1. The average molecular weight is 838 g/mol. The predicted molar refractivity (Wildman–Crippen MR) is 259 cm³/mol. The lowest BCUT2D eigenvalue weighted by atomic mass is 10.0. The van der Waals surface area contributed by atoms with Crippen LogP contribution in [0.2, 0.25) is 0 Å². The molecule has 3 unspecified atom stereocenters. The van der Waals surface area contributed by atoms with E-state index < -0.39 is 18.2 Å². The van der Waals surface area contributed by atoms with Crippen LogP contribution in [0.3, 0.4) is 0 Å². The Bertz CT molecular complexity index is 1120. The van der Waals surface area contributed by atoms with Gasteiger partial charge in [0.05, 0.1) is 25.2 Å². The van der Waals surface area contributed by atoms with Crippen LogP contribution in [0.25, 0.3) is 0 Å². The molecule has 0 saturated heterocycles. The summed E-state index contributed by atoms with van der Waals surface area (Å²) >= 11 is 0. The number of allylic oxidation sites excluding steroid dienone is 12. The van der Waals surface area contributed by atoms with Crippen molar-refractivity contribution in [1.82, 2.24) is 5.32 Å². The van der Waals surface area contributed by atoms with E-state index in [1.807, 2.05) is 0 Å². The first kappa shape index (κ1) is 57.3. The zero-order valence-corrected chi connectivity index (χ0v) is 39.3. The Morgan fingerprint density at radius 2 is 0.967 bits per heavy atom. The summed E-state index contributed by atoms with van der Waals surface area (Å²) in [4.78, 5) is 26.1. The predicted octanol–water partition coefficient (Wildman–Crippen LogP) is 15.0. The molecule has 0 aromatic carbocycles. The monoisotopic (exact) mass is 838 g/mol. The number of hydrogen-bond acceptors (Lipinski definition) is 5. The van der Waals surface area contributed by atoms with Gasteiger partial charge in [-0.2, -0.15) is 0 Å². The van der Waals surface area contributed by atoms with Gasteiger partial charge in [0, 0.05) is 6.42 Å². The van der Waals surface area contributed by atoms with Gasteiger partial charge in [-0.25, -0.2) is 0 Å². The maximum Gasteiger partial charge on any atom is 0.306 e. The molecule has 0 heterocycles. The van der Waals surface area contributed by atoms with E-state index in [0.29, 0.717) is 19.3 Å². The highest BCUT2D eigenvalue weighted by molar-refractivity contribution is 5.77. The van der Waals surface area contributed by atoms with Crippen LogP contribution in [0.5, 0.6) is 0 Å². The van der Waals surface area contributed by atoms with Crippen LogP contribution in [0, 0.1) is 0 Å². The van der Waals surface area contributed by atoms with Crippen LogP contribution in [0.4, 0.5) is 0 Å². The van der Waals surface area contributed by atoms with Crippen LogP contribution in [0.15, 0.2) is 72.9 Å². The largest absolute Gasteiger partial charge is 0.462 e. The number of ether oxygens (including phenoxy) is 1. The number of carbonyl (C=O) groups excluding carboxylic acids is 2. The van der Waals surface area contributed by atoms with Crippen LogP contribution in [-0.4, -0.2) is 46.9 Å². The smallest absolute Gasteiger partial charge is 0.306 e. The molecule has 346 valence electrons. The lowest BCUT2D eigenvalue weighted by molar-refractivity contribution is -0.151. The van der Waals surface area contributed by atoms with Crippen molar-refractivity contribution < 1.29 is 24.5 Å². The molecule has 0 aliphatic heterocycles. The van der Waals surface area contributed by atoms with Crippen LogP contribution >= 0.6 is 0 Å². The summed E-state index contributed by atoms with van der Waals surface area (Å²) < 4.78 is 5.91. The highest BCUT2D eigenvalue weighted by Crippen LogP contribution is 2.17. The number of carbonyl (C=O) groups is 2. The normalized spacial score (nSPS) is 13.9. The third kappa shape index (κ3) is 42.0. The summed E-state index contributed by atoms with van der Waals surface area (Å²) in [7, 11) is 0. The van der Waals surface area contributed by atoms with Crippen molar-refractivity contribution in [3.05, 3.63) is 72.9 Å². The minimum Gasteiger partial charge on any atom is -0.462 e. The fourth-order valence-corrected chi connectivity index (χ4v) is 7.26. The fourth-order valence-electron chi connectivity index (χ4n) is 7.26. The molecule has 3 N–H and O–H groups in total. The summed E-state index contributed by atoms with van der Waals surface area (Å²) in [6.07, 6.45) is 59.6. The van der Waals surface area contributed by atoms with Crippen molar-refractivity contribution in [2.24, 2.45) is 0 Å². The maximum atomic E-state index is 13.2. The third-order valence-corrected chi connectivity index (χ3v) is 11.1. The summed E-state index contributed by atoms with van der Waals surface area (Å²) in [6.45, 7) is 6.30. The number of aliphatic hydroxyl groups is 2. The van der Waals surface area contributed by atoms with Gasteiger partial charge in [-0.3, -0.25) is 9.59 Å². The van der Waals surface area contributed by atoms with E-state index in [1.54, 1.807) is 0 Å². The van der Waals surface area contributed by atoms with E-state index in [0.717, 1.165) is 109 Å². The van der Waals surface area contributed by atoms with Gasteiger partial charge in [-0.15, -0.1) is 0 Å². The molecule has 0 bridgehead atoms. The summed E-state index contributed by atoms with van der Waals surface area (Å²) in [5, 5.41) is 23.7. The number of esters is 1. The van der Waals surface area contributed by atoms with E-state index in [1.165, 1.54) is 77.0 Å². The van der Waals surface area contributed by atoms with Crippen molar-refractivity contribution in [3.63, 3.8) is 0 Å². The Balaban J connectivity index is 4.65. The Labute approximate surface area is 371 Å². The first-order chi connectivity index (χ1) is 29.5. The molecule has 0 spiro atoms. The molecule has 0 fully saturated rings. The molecule has 3 atom stereocenters. The van der Waals surface area contributed by atoms with Gasteiger partial charge < -0.3 is 20.3 Å². The maximum absolute atomic E-state index is 13.2. The second kappa shape index (κ2) is 47.4. The highest BCUT2D eigenvalue weighted by atomic mass is 16.5. The second-order valence-corrected chi connectivity index (χ2v) is 16.9. The molecule has 0 rings (SSSR count). The minimum absolute atomic E-state index is 0.0520. The van der Waals surface area contributed by atoms with Crippen molar-refractivity contribution >= 4 is 11.9 Å². The second-order valence-electron chi connectivity index (χ2n) is 16.9. The van der Waals surface area contributed by atoms with Crippen molar-refractivity contribution in [2.45, 2.75) is 251 Å². The molecule has 0 aliphatic carbocycles. The van der Waals surface area contributed by atoms with Crippen molar-refractivity contribution in [1.29, 1.82) is 0 Å². The Kier molecular flexibility index (Phi) is 45.2. The number of hydrogen-bond donors (Lipinski definition) is 3. The number of rotatable bonds is 44. The zero-order chi connectivity index (χ0) is 43.8. The molecule has 60 heavy (non-hydrogen) atoms. The topological polar surface area (TPSA) is 95.9 Å². The fraction of sp³-hybridized carbons (Fsp3) is 0.741. The van der Waals surface area contributed by atoms with E-state index in [9.17, 15) is 19.8 Å². The molecule has 0 aromatic heterocycles. The van der Waals surface area contributed by atoms with Crippen molar-refractivity contribution in [2.75, 3.05) is 6.61 Å². The van der Waals surface area contributed by atoms with Gasteiger partial charge in [0.25, 0.3) is 0 Å². The molecule has 0 radical (unpaired) electrons. The Hall–Kier alpha value is -2.70. The van der Waals surface area contributed by atoms with Crippen LogP contribution in [0.1, 0.15) is 233 Å². The third-order valence-electron chi connectivity index (χ3n) is 11.1. The first-order valence-corrected chi connectivity index (χ1v) is 25.2. The van der Waals surface area contributed by atoms with Gasteiger partial charge in [-0.1, -0.05) is 209 Å². The van der Waals surface area contributed by atoms with Gasteiger partial charge >= 0.3 is 5.97 Å². The summed E-state index contributed by atoms with van der Waals surface area (Å²) in [5.74, 6) is -0.523. The van der Waals surface area contributed by atoms with Crippen LogP contribution < -0.4 is 5.32 Å². The molecule has 0 aliphatic rings. The Morgan fingerprint density at radius 1 is 0.517 bits per heavy atom. The number of unbranched alkanes of at least 4 members (excludes halogenated alkanes) is 22. The van der Waals surface area contributed by atoms with Crippen LogP contribution in [-0.2, 0) is 14.3 Å². The Morgan fingerprint density at radius 3 is 1.53 bits per heavy atom. The van der Waals surface area contributed by atoms with Gasteiger partial charge in [0.15, 0.2) is 0 Å². The first-order valence-electron chi connectivity index (χ1n) is 25.2.